The van der Waals surface area contributed by atoms with Crippen molar-refractivity contribution in [1.82, 2.24) is 15.5 Å². The van der Waals surface area contributed by atoms with Gasteiger partial charge in [-0.1, -0.05) is 0 Å². The minimum Gasteiger partial charge on any atom is -0.497 e. The maximum atomic E-state index is 12.1. The second kappa shape index (κ2) is 12.6. The second-order valence-corrected chi connectivity index (χ2v) is 6.59. The van der Waals surface area contributed by atoms with E-state index in [9.17, 15) is 4.79 Å². The number of carbonyl (C=O) groups is 1. The Morgan fingerprint density at radius 2 is 1.78 bits per heavy atom. The van der Waals surface area contributed by atoms with Crippen molar-refractivity contribution in [2.75, 3.05) is 47.4 Å². The van der Waals surface area contributed by atoms with Gasteiger partial charge >= 0.3 is 0 Å². The van der Waals surface area contributed by atoms with E-state index in [1.54, 1.807) is 14.2 Å². The molecule has 0 radical (unpaired) electrons. The Kier molecular flexibility index (Phi) is 11.8. The van der Waals surface area contributed by atoms with Gasteiger partial charge in [-0.25, -0.2) is 0 Å². The van der Waals surface area contributed by atoms with Gasteiger partial charge in [0.1, 0.15) is 18.1 Å². The zero-order valence-electron chi connectivity index (χ0n) is 17.2. The van der Waals surface area contributed by atoms with E-state index in [-0.39, 0.29) is 29.9 Å². The topological polar surface area (TPSA) is 75.2 Å². The molecular formula is C19H33IN4O3. The molecule has 0 saturated carbocycles. The summed E-state index contributed by atoms with van der Waals surface area (Å²) in [6.07, 6.45) is 0. The van der Waals surface area contributed by atoms with Crippen LogP contribution in [0.15, 0.2) is 29.3 Å². The number of carbonyl (C=O) groups excluding carboxylic acids is 1. The quantitative estimate of drug-likeness (QED) is 0.315. The van der Waals surface area contributed by atoms with Gasteiger partial charge in [0.15, 0.2) is 5.96 Å². The average molecular weight is 492 g/mol. The summed E-state index contributed by atoms with van der Waals surface area (Å²) < 4.78 is 10.9. The Hall–Kier alpha value is -1.71. The molecular weight excluding hydrogens is 459 g/mol. The van der Waals surface area contributed by atoms with Gasteiger partial charge in [0.05, 0.1) is 19.1 Å². The highest BCUT2D eigenvalue weighted by Crippen LogP contribution is 2.17. The van der Waals surface area contributed by atoms with Gasteiger partial charge in [-0.15, -0.1) is 24.0 Å². The van der Waals surface area contributed by atoms with Crippen LogP contribution in [0.4, 0.5) is 0 Å². The number of rotatable bonds is 9. The van der Waals surface area contributed by atoms with Crippen molar-refractivity contribution in [3.8, 4) is 11.5 Å². The summed E-state index contributed by atoms with van der Waals surface area (Å²) in [5.74, 6) is 2.34. The average Bonchev–Trinajstić information content (AvgIpc) is 2.63. The Morgan fingerprint density at radius 1 is 1.19 bits per heavy atom. The van der Waals surface area contributed by atoms with E-state index in [0.717, 1.165) is 17.5 Å². The molecule has 0 aliphatic rings. The molecule has 0 aliphatic carbocycles. The van der Waals surface area contributed by atoms with Crippen LogP contribution in [0.3, 0.4) is 0 Å². The minimum absolute atomic E-state index is 0. The standard InChI is InChI=1S/C19H32N4O3.HI/c1-7-21-17(24)19(2,3)14-22-18(20-4)23(5)12-13-26-16-10-8-15(25-6)9-11-16;/h8-11H,7,12-14H2,1-6H3,(H,20,22)(H,21,24);1H. The summed E-state index contributed by atoms with van der Waals surface area (Å²) in [6.45, 7) is 8.03. The lowest BCUT2D eigenvalue weighted by Gasteiger charge is -2.28. The van der Waals surface area contributed by atoms with E-state index in [1.807, 2.05) is 57.0 Å². The summed E-state index contributed by atoms with van der Waals surface area (Å²) in [5.41, 5.74) is -0.521. The number of methoxy groups -OCH3 is 1. The first-order valence-electron chi connectivity index (χ1n) is 8.81. The fraction of sp³-hybridized carbons (Fsp3) is 0.579. The highest BCUT2D eigenvalue weighted by molar-refractivity contribution is 14.0. The van der Waals surface area contributed by atoms with Crippen molar-refractivity contribution in [2.45, 2.75) is 20.8 Å². The number of hydrogen-bond acceptors (Lipinski definition) is 4. The zero-order valence-corrected chi connectivity index (χ0v) is 19.5. The molecule has 1 rings (SSSR count). The van der Waals surface area contributed by atoms with Crippen LogP contribution in [-0.4, -0.2) is 64.2 Å². The number of nitrogens with zero attached hydrogens (tertiary/aromatic N) is 2. The molecule has 0 spiro atoms. The number of likely N-dealkylation sites (N-methyl/N-ethyl adjacent to an activating group) is 1. The van der Waals surface area contributed by atoms with Crippen molar-refractivity contribution >= 4 is 35.8 Å². The molecule has 0 aliphatic heterocycles. The first kappa shape index (κ1) is 25.3. The van der Waals surface area contributed by atoms with Gasteiger partial charge in [0.2, 0.25) is 5.91 Å². The highest BCUT2D eigenvalue weighted by atomic mass is 127. The summed E-state index contributed by atoms with van der Waals surface area (Å²) >= 11 is 0. The lowest BCUT2D eigenvalue weighted by atomic mass is 9.92. The second-order valence-electron chi connectivity index (χ2n) is 6.59. The van der Waals surface area contributed by atoms with Crippen LogP contribution in [0.2, 0.25) is 0 Å². The number of nitrogens with one attached hydrogen (secondary N) is 2. The Labute approximate surface area is 179 Å². The number of hydrogen-bond donors (Lipinski definition) is 2. The third kappa shape index (κ3) is 8.68. The number of guanidine groups is 1. The first-order chi connectivity index (χ1) is 12.3. The Balaban J connectivity index is 0.00000676. The third-order valence-electron chi connectivity index (χ3n) is 3.97. The normalized spacial score (nSPS) is 11.3. The van der Waals surface area contributed by atoms with Crippen LogP contribution in [0.5, 0.6) is 11.5 Å². The molecule has 7 nitrogen and oxygen atoms in total. The van der Waals surface area contributed by atoms with Gasteiger partial charge in [-0.05, 0) is 45.0 Å². The smallest absolute Gasteiger partial charge is 0.227 e. The van der Waals surface area contributed by atoms with E-state index in [0.29, 0.717) is 26.2 Å². The van der Waals surface area contributed by atoms with E-state index < -0.39 is 5.41 Å². The monoisotopic (exact) mass is 492 g/mol. The maximum absolute atomic E-state index is 12.1. The maximum Gasteiger partial charge on any atom is 0.227 e. The minimum atomic E-state index is -0.521. The molecule has 2 N–H and O–H groups in total. The number of amides is 1. The van der Waals surface area contributed by atoms with Crippen LogP contribution in [0.1, 0.15) is 20.8 Å². The Morgan fingerprint density at radius 3 is 2.30 bits per heavy atom. The molecule has 0 unspecified atom stereocenters. The highest BCUT2D eigenvalue weighted by Gasteiger charge is 2.27. The molecule has 0 aromatic heterocycles. The molecule has 0 atom stereocenters. The Bertz CT molecular complexity index is 591. The van der Waals surface area contributed by atoms with Crippen LogP contribution in [-0.2, 0) is 4.79 Å². The van der Waals surface area contributed by atoms with Gasteiger partial charge in [-0.2, -0.15) is 0 Å². The van der Waals surface area contributed by atoms with Crippen LogP contribution >= 0.6 is 24.0 Å². The zero-order chi connectivity index (χ0) is 19.6. The van der Waals surface area contributed by atoms with E-state index in [4.69, 9.17) is 9.47 Å². The first-order valence-corrected chi connectivity index (χ1v) is 8.81. The van der Waals surface area contributed by atoms with Gasteiger partial charge < -0.3 is 25.0 Å². The molecule has 0 bridgehead atoms. The number of benzene rings is 1. The molecule has 0 heterocycles. The number of aliphatic imine (C=N–C) groups is 1. The molecule has 0 saturated heterocycles. The molecule has 1 amide bonds. The van der Waals surface area contributed by atoms with Gasteiger partial charge in [0.25, 0.3) is 0 Å². The fourth-order valence-corrected chi connectivity index (χ4v) is 2.24. The van der Waals surface area contributed by atoms with Crippen molar-refractivity contribution in [1.29, 1.82) is 0 Å². The predicted octanol–water partition coefficient (Wildman–Crippen LogP) is 2.36. The lowest BCUT2D eigenvalue weighted by molar-refractivity contribution is -0.128. The van der Waals surface area contributed by atoms with Crippen molar-refractivity contribution in [3.63, 3.8) is 0 Å². The molecule has 8 heteroatoms. The van der Waals surface area contributed by atoms with Crippen LogP contribution in [0.25, 0.3) is 0 Å². The molecule has 1 aromatic carbocycles. The lowest BCUT2D eigenvalue weighted by Crippen LogP contribution is -2.48. The largest absolute Gasteiger partial charge is 0.497 e. The van der Waals surface area contributed by atoms with E-state index in [2.05, 4.69) is 15.6 Å². The number of halogens is 1. The molecule has 1 aromatic rings. The van der Waals surface area contributed by atoms with Gasteiger partial charge in [-0.3, -0.25) is 9.79 Å². The summed E-state index contributed by atoms with van der Waals surface area (Å²) in [4.78, 5) is 18.3. The van der Waals surface area contributed by atoms with Crippen LogP contribution < -0.4 is 20.1 Å². The number of ether oxygens (including phenoxy) is 2. The fourth-order valence-electron chi connectivity index (χ4n) is 2.24. The van der Waals surface area contributed by atoms with Crippen LogP contribution in [0, 0.1) is 5.41 Å². The summed E-state index contributed by atoms with van der Waals surface area (Å²) in [6, 6.07) is 7.48. The third-order valence-corrected chi connectivity index (χ3v) is 3.97. The molecule has 154 valence electrons. The molecule has 0 fully saturated rings. The van der Waals surface area contributed by atoms with Crippen molar-refractivity contribution < 1.29 is 14.3 Å². The van der Waals surface area contributed by atoms with Crippen molar-refractivity contribution in [2.24, 2.45) is 10.4 Å². The SMILES string of the molecule is CCNC(=O)C(C)(C)CNC(=NC)N(C)CCOc1ccc(OC)cc1.I. The summed E-state index contributed by atoms with van der Waals surface area (Å²) in [5, 5.41) is 6.11. The van der Waals surface area contributed by atoms with Gasteiger partial charge in [0, 0.05) is 27.2 Å². The summed E-state index contributed by atoms with van der Waals surface area (Å²) in [7, 11) is 5.30. The van der Waals surface area contributed by atoms with E-state index in [1.165, 1.54) is 0 Å². The molecule has 27 heavy (non-hydrogen) atoms. The van der Waals surface area contributed by atoms with E-state index >= 15 is 0 Å². The van der Waals surface area contributed by atoms with Crippen molar-refractivity contribution in [3.05, 3.63) is 24.3 Å². The predicted molar refractivity (Wildman–Crippen MR) is 120 cm³/mol.